The lowest BCUT2D eigenvalue weighted by molar-refractivity contribution is -0.385. The van der Waals surface area contributed by atoms with E-state index in [9.17, 15) is 20.0 Å². The van der Waals surface area contributed by atoms with Gasteiger partial charge < -0.3 is 10.4 Å². The fourth-order valence-corrected chi connectivity index (χ4v) is 2.63. The molecule has 2 fully saturated rings. The maximum Gasteiger partial charge on any atom is 0.282 e. The molecule has 2 saturated carbocycles. The van der Waals surface area contributed by atoms with Gasteiger partial charge in [-0.2, -0.15) is 0 Å². The molecule has 2 aliphatic rings. The van der Waals surface area contributed by atoms with E-state index < -0.39 is 10.8 Å². The molecule has 106 valence electrons. The lowest BCUT2D eigenvalue weighted by Crippen LogP contribution is -2.38. The Bertz CT molecular complexity index is 552. The molecule has 1 aromatic carbocycles. The van der Waals surface area contributed by atoms with Gasteiger partial charge in [-0.3, -0.25) is 14.9 Å². The second-order valence-electron chi connectivity index (χ2n) is 5.63. The molecule has 0 atom stereocenters. The number of nitrogens with one attached hydrogen (secondary N) is 1. The van der Waals surface area contributed by atoms with Crippen molar-refractivity contribution >= 4 is 11.6 Å². The number of nitro benzene ring substituents is 1. The Kier molecular flexibility index (Phi) is 3.08. The number of phenolic OH excluding ortho intramolecular Hbond substituents is 1. The molecule has 0 spiro atoms. The fraction of sp³-hybridized carbons (Fsp3) is 0.500. The van der Waals surface area contributed by atoms with Crippen molar-refractivity contribution in [3.8, 4) is 5.75 Å². The highest BCUT2D eigenvalue weighted by atomic mass is 16.6. The van der Waals surface area contributed by atoms with Gasteiger partial charge in [-0.15, -0.1) is 0 Å². The topological polar surface area (TPSA) is 92.5 Å². The minimum Gasteiger partial charge on any atom is -0.508 e. The second-order valence-corrected chi connectivity index (χ2v) is 5.63. The first-order valence-electron chi connectivity index (χ1n) is 6.84. The van der Waals surface area contributed by atoms with Gasteiger partial charge in [0, 0.05) is 12.1 Å². The van der Waals surface area contributed by atoms with Crippen LogP contribution in [-0.4, -0.2) is 22.0 Å². The number of nitro groups is 1. The number of nitrogens with zero attached hydrogens (tertiary/aromatic N) is 1. The molecule has 20 heavy (non-hydrogen) atoms. The number of carbonyl (C=O) groups excluding carboxylic acids is 1. The maximum atomic E-state index is 12.3. The second kappa shape index (κ2) is 4.77. The third kappa shape index (κ3) is 2.59. The molecule has 6 heteroatoms. The summed E-state index contributed by atoms with van der Waals surface area (Å²) in [7, 11) is 0. The average molecular weight is 276 g/mol. The van der Waals surface area contributed by atoms with Crippen LogP contribution in [0.15, 0.2) is 18.2 Å². The summed E-state index contributed by atoms with van der Waals surface area (Å²) < 4.78 is 0. The van der Waals surface area contributed by atoms with Crippen LogP contribution in [0.5, 0.6) is 5.75 Å². The van der Waals surface area contributed by atoms with Crippen LogP contribution in [0, 0.1) is 22.0 Å². The van der Waals surface area contributed by atoms with Crippen molar-refractivity contribution in [2.24, 2.45) is 11.8 Å². The van der Waals surface area contributed by atoms with Gasteiger partial charge in [-0.25, -0.2) is 0 Å². The summed E-state index contributed by atoms with van der Waals surface area (Å²) in [5, 5.41) is 23.3. The third-order valence-corrected chi connectivity index (χ3v) is 3.98. The molecule has 0 unspecified atom stereocenters. The monoisotopic (exact) mass is 276 g/mol. The minimum atomic E-state index is -0.600. The van der Waals surface area contributed by atoms with Crippen LogP contribution < -0.4 is 5.32 Å². The molecule has 0 bridgehead atoms. The van der Waals surface area contributed by atoms with Crippen molar-refractivity contribution in [1.82, 2.24) is 5.32 Å². The predicted octanol–water partition coefficient (Wildman–Crippen LogP) is 2.22. The van der Waals surface area contributed by atoms with Gasteiger partial charge in [0.2, 0.25) is 0 Å². The SMILES string of the molecule is O=C(NC(C1CC1)C1CC1)c1cc(O)ccc1[N+](=O)[O-]. The summed E-state index contributed by atoms with van der Waals surface area (Å²) in [6, 6.07) is 3.66. The van der Waals surface area contributed by atoms with E-state index in [0.29, 0.717) is 11.8 Å². The van der Waals surface area contributed by atoms with Crippen LogP contribution in [0.25, 0.3) is 0 Å². The van der Waals surface area contributed by atoms with Crippen molar-refractivity contribution in [2.75, 3.05) is 0 Å². The molecule has 0 heterocycles. The third-order valence-electron chi connectivity index (χ3n) is 3.98. The molecular weight excluding hydrogens is 260 g/mol. The van der Waals surface area contributed by atoms with Crippen LogP contribution in [0.4, 0.5) is 5.69 Å². The van der Waals surface area contributed by atoms with Crippen molar-refractivity contribution in [1.29, 1.82) is 0 Å². The molecule has 0 saturated heterocycles. The Morgan fingerprint density at radius 3 is 2.40 bits per heavy atom. The fourth-order valence-electron chi connectivity index (χ4n) is 2.63. The molecule has 2 aliphatic carbocycles. The predicted molar refractivity (Wildman–Crippen MR) is 71.5 cm³/mol. The Labute approximate surface area is 115 Å². The van der Waals surface area contributed by atoms with Crippen molar-refractivity contribution in [3.05, 3.63) is 33.9 Å². The highest BCUT2D eigenvalue weighted by molar-refractivity contribution is 5.98. The molecule has 3 rings (SSSR count). The van der Waals surface area contributed by atoms with E-state index in [4.69, 9.17) is 0 Å². The Hall–Kier alpha value is -2.11. The largest absolute Gasteiger partial charge is 0.508 e. The van der Waals surface area contributed by atoms with E-state index in [-0.39, 0.29) is 23.0 Å². The normalized spacial score (nSPS) is 18.1. The zero-order chi connectivity index (χ0) is 14.3. The summed E-state index contributed by atoms with van der Waals surface area (Å²) in [4.78, 5) is 22.6. The van der Waals surface area contributed by atoms with E-state index in [0.717, 1.165) is 37.8 Å². The minimum absolute atomic E-state index is 0.0682. The molecule has 1 aromatic rings. The smallest absolute Gasteiger partial charge is 0.282 e. The number of rotatable bonds is 5. The van der Waals surface area contributed by atoms with Crippen LogP contribution in [0.1, 0.15) is 36.0 Å². The standard InChI is InChI=1S/C14H16N2O4/c17-10-5-6-12(16(19)20)11(7-10)14(18)15-13(8-1-2-8)9-3-4-9/h5-9,13,17H,1-4H2,(H,15,18). The molecule has 1 amide bonds. The van der Waals surface area contributed by atoms with Crippen LogP contribution in [0.3, 0.4) is 0 Å². The lowest BCUT2D eigenvalue weighted by atomic mass is 10.1. The molecule has 0 aromatic heterocycles. The van der Waals surface area contributed by atoms with Gasteiger partial charge in [0.15, 0.2) is 0 Å². The summed E-state index contributed by atoms with van der Waals surface area (Å²) in [5.74, 6) is 0.428. The number of hydrogen-bond acceptors (Lipinski definition) is 4. The Balaban J connectivity index is 1.82. The van der Waals surface area contributed by atoms with Crippen molar-refractivity contribution < 1.29 is 14.8 Å². The first-order valence-corrected chi connectivity index (χ1v) is 6.84. The van der Waals surface area contributed by atoms with E-state index >= 15 is 0 Å². The highest BCUT2D eigenvalue weighted by Gasteiger charge is 2.42. The number of benzene rings is 1. The summed E-state index contributed by atoms with van der Waals surface area (Å²) >= 11 is 0. The number of hydrogen-bond donors (Lipinski definition) is 2. The zero-order valence-electron chi connectivity index (χ0n) is 10.9. The zero-order valence-corrected chi connectivity index (χ0v) is 10.9. The van der Waals surface area contributed by atoms with Gasteiger partial charge >= 0.3 is 0 Å². The number of carbonyl (C=O) groups is 1. The molecule has 0 aliphatic heterocycles. The maximum absolute atomic E-state index is 12.3. The van der Waals surface area contributed by atoms with Gasteiger partial charge in [0.1, 0.15) is 11.3 Å². The molecule has 2 N–H and O–H groups in total. The Morgan fingerprint density at radius 2 is 1.90 bits per heavy atom. The number of aromatic hydroxyl groups is 1. The van der Waals surface area contributed by atoms with Gasteiger partial charge in [0.25, 0.3) is 11.6 Å². The summed E-state index contributed by atoms with van der Waals surface area (Å²) in [6.45, 7) is 0. The average Bonchev–Trinajstić information content (AvgIpc) is 3.28. The first kappa shape index (κ1) is 12.9. The van der Waals surface area contributed by atoms with Crippen molar-refractivity contribution in [3.63, 3.8) is 0 Å². The van der Waals surface area contributed by atoms with Gasteiger partial charge in [-0.1, -0.05) is 0 Å². The van der Waals surface area contributed by atoms with E-state index in [1.54, 1.807) is 0 Å². The van der Waals surface area contributed by atoms with E-state index in [1.165, 1.54) is 6.07 Å². The van der Waals surface area contributed by atoms with Gasteiger partial charge in [0.05, 0.1) is 4.92 Å². The van der Waals surface area contributed by atoms with E-state index in [1.807, 2.05) is 0 Å². The van der Waals surface area contributed by atoms with Crippen LogP contribution in [-0.2, 0) is 0 Å². The van der Waals surface area contributed by atoms with Crippen LogP contribution >= 0.6 is 0 Å². The summed E-state index contributed by atoms with van der Waals surface area (Å²) in [6.07, 6.45) is 4.46. The number of amides is 1. The number of phenols is 1. The summed E-state index contributed by atoms with van der Waals surface area (Å²) in [5.41, 5.74) is -0.341. The highest BCUT2D eigenvalue weighted by Crippen LogP contribution is 2.44. The molecule has 0 radical (unpaired) electrons. The van der Waals surface area contributed by atoms with Gasteiger partial charge in [-0.05, 0) is 49.7 Å². The van der Waals surface area contributed by atoms with E-state index in [2.05, 4.69) is 5.32 Å². The van der Waals surface area contributed by atoms with Crippen molar-refractivity contribution in [2.45, 2.75) is 31.7 Å². The quantitative estimate of drug-likeness (QED) is 0.637. The Morgan fingerprint density at radius 1 is 1.30 bits per heavy atom. The molecule has 6 nitrogen and oxygen atoms in total. The lowest BCUT2D eigenvalue weighted by Gasteiger charge is -2.17. The first-order chi connectivity index (χ1) is 9.56. The molecular formula is C14H16N2O4. The van der Waals surface area contributed by atoms with Crippen LogP contribution in [0.2, 0.25) is 0 Å².